The number of anilines is 2. The number of benzene rings is 2. The molecule has 4 aromatic rings. The average Bonchev–Trinajstić information content (AvgIpc) is 2.69. The van der Waals surface area contributed by atoms with Gasteiger partial charge in [0.25, 0.3) is 0 Å². The molecule has 0 bridgehead atoms. The molecule has 0 spiro atoms. The molecule has 0 amide bonds. The summed E-state index contributed by atoms with van der Waals surface area (Å²) in [6.07, 6.45) is 6.07. The van der Waals surface area contributed by atoms with E-state index in [-0.39, 0.29) is 5.82 Å². The quantitative estimate of drug-likeness (QED) is 0.541. The number of rotatable bonds is 4. The predicted molar refractivity (Wildman–Crippen MR) is 108 cm³/mol. The van der Waals surface area contributed by atoms with E-state index in [1.165, 1.54) is 36.4 Å². The Labute approximate surface area is 164 Å². The van der Waals surface area contributed by atoms with Crippen LogP contribution in [0.4, 0.5) is 16.0 Å². The fourth-order valence-corrected chi connectivity index (χ4v) is 3.61. The van der Waals surface area contributed by atoms with Crippen molar-refractivity contribution in [2.24, 2.45) is 0 Å². The third kappa shape index (κ3) is 3.77. The Kier molecular flexibility index (Phi) is 4.86. The maximum Gasteiger partial charge on any atom is 0.143 e. The molecule has 2 heterocycles. The Morgan fingerprint density at radius 3 is 2.43 bits per heavy atom. The summed E-state index contributed by atoms with van der Waals surface area (Å²) in [5.74, 6) is 0.293. The van der Waals surface area contributed by atoms with Crippen LogP contribution in [0.2, 0.25) is 0 Å². The highest BCUT2D eigenvalue weighted by molar-refractivity contribution is 7.99. The summed E-state index contributed by atoms with van der Waals surface area (Å²) in [5.41, 5.74) is 13.7. The third-order valence-corrected chi connectivity index (χ3v) is 4.94. The number of aromatic nitrogens is 4. The van der Waals surface area contributed by atoms with Crippen molar-refractivity contribution >= 4 is 23.4 Å². The summed E-state index contributed by atoms with van der Waals surface area (Å²) in [7, 11) is 0. The second-order valence-electron chi connectivity index (χ2n) is 5.90. The maximum absolute atomic E-state index is 15.0. The van der Waals surface area contributed by atoms with Crippen molar-refractivity contribution < 1.29 is 4.39 Å². The number of nitrogens with two attached hydrogens (primary N) is 2. The van der Waals surface area contributed by atoms with Gasteiger partial charge in [0.1, 0.15) is 22.5 Å². The van der Waals surface area contributed by atoms with Crippen LogP contribution in [0.25, 0.3) is 22.4 Å². The smallest absolute Gasteiger partial charge is 0.143 e. The van der Waals surface area contributed by atoms with Gasteiger partial charge in [0, 0.05) is 16.0 Å². The summed E-state index contributed by atoms with van der Waals surface area (Å²) in [6.45, 7) is 0. The van der Waals surface area contributed by atoms with Gasteiger partial charge in [-0.1, -0.05) is 42.1 Å². The number of nitrogen functional groups attached to an aromatic ring is 2. The predicted octanol–water partition coefficient (Wildman–Crippen LogP) is 4.06. The lowest BCUT2D eigenvalue weighted by Crippen LogP contribution is -1.94. The van der Waals surface area contributed by atoms with E-state index < -0.39 is 0 Å². The lowest BCUT2D eigenvalue weighted by Gasteiger charge is -2.11. The van der Waals surface area contributed by atoms with E-state index in [1.807, 2.05) is 24.3 Å². The first-order valence-corrected chi connectivity index (χ1v) is 9.14. The highest BCUT2D eigenvalue weighted by atomic mass is 32.2. The molecule has 6 nitrogen and oxygen atoms in total. The molecular formula is C20H15FN6S. The molecule has 0 saturated heterocycles. The second kappa shape index (κ2) is 7.61. The Hall–Kier alpha value is -3.52. The lowest BCUT2D eigenvalue weighted by atomic mass is 10.0. The van der Waals surface area contributed by atoms with Crippen LogP contribution < -0.4 is 11.5 Å². The minimum Gasteiger partial charge on any atom is -0.382 e. The van der Waals surface area contributed by atoms with Gasteiger partial charge in [-0.05, 0) is 17.7 Å². The van der Waals surface area contributed by atoms with Gasteiger partial charge in [0.05, 0.1) is 30.5 Å². The van der Waals surface area contributed by atoms with E-state index in [1.54, 1.807) is 18.3 Å². The Bertz CT molecular complexity index is 1130. The van der Waals surface area contributed by atoms with Gasteiger partial charge in [0.2, 0.25) is 0 Å². The SMILES string of the molecule is Nc1cnc(-c2ccc(-c3ccccc3Sc3cncc(N)n3)c(F)c2)cn1. The lowest BCUT2D eigenvalue weighted by molar-refractivity contribution is 0.631. The van der Waals surface area contributed by atoms with Gasteiger partial charge >= 0.3 is 0 Å². The largest absolute Gasteiger partial charge is 0.382 e. The van der Waals surface area contributed by atoms with Crippen LogP contribution in [0.5, 0.6) is 0 Å². The zero-order valence-corrected chi connectivity index (χ0v) is 15.4. The molecule has 0 aliphatic rings. The van der Waals surface area contributed by atoms with E-state index in [0.717, 1.165) is 10.5 Å². The standard InChI is InChI=1S/C20H15FN6S/c21-15-7-12(16-8-26-18(22)10-25-16)5-6-13(15)14-3-1-2-4-17(14)28-20-11-24-9-19(23)27-20/h1-11H,(H2,22,26)(H2,23,27). The summed E-state index contributed by atoms with van der Waals surface area (Å²) in [6, 6.07) is 12.5. The van der Waals surface area contributed by atoms with Crippen LogP contribution in [0.15, 0.2) is 77.2 Å². The number of nitrogens with zero attached hydrogens (tertiary/aromatic N) is 4. The molecule has 4 rings (SSSR count). The van der Waals surface area contributed by atoms with Crippen molar-refractivity contribution in [3.63, 3.8) is 0 Å². The molecule has 0 saturated carbocycles. The van der Waals surface area contributed by atoms with Gasteiger partial charge in [-0.15, -0.1) is 0 Å². The molecule has 0 fully saturated rings. The van der Waals surface area contributed by atoms with Crippen LogP contribution in [0, 0.1) is 5.82 Å². The van der Waals surface area contributed by atoms with E-state index >= 15 is 0 Å². The summed E-state index contributed by atoms with van der Waals surface area (Å²) < 4.78 is 15.0. The highest BCUT2D eigenvalue weighted by Gasteiger charge is 2.13. The first kappa shape index (κ1) is 17.9. The molecule has 0 radical (unpaired) electrons. The zero-order chi connectivity index (χ0) is 19.5. The summed E-state index contributed by atoms with van der Waals surface area (Å²) in [4.78, 5) is 17.3. The van der Waals surface area contributed by atoms with Gasteiger partial charge in [-0.25, -0.2) is 14.4 Å². The van der Waals surface area contributed by atoms with Crippen molar-refractivity contribution in [3.05, 3.63) is 73.1 Å². The monoisotopic (exact) mass is 390 g/mol. The third-order valence-electron chi connectivity index (χ3n) is 3.96. The van der Waals surface area contributed by atoms with Crippen molar-refractivity contribution in [2.75, 3.05) is 11.5 Å². The normalized spacial score (nSPS) is 10.8. The molecule has 2 aromatic carbocycles. The first-order valence-electron chi connectivity index (χ1n) is 8.32. The van der Waals surface area contributed by atoms with Crippen LogP contribution in [0.1, 0.15) is 0 Å². The van der Waals surface area contributed by atoms with E-state index in [9.17, 15) is 4.39 Å². The summed E-state index contributed by atoms with van der Waals surface area (Å²) in [5, 5.41) is 0.640. The van der Waals surface area contributed by atoms with E-state index in [2.05, 4.69) is 19.9 Å². The van der Waals surface area contributed by atoms with Gasteiger partial charge < -0.3 is 11.5 Å². The van der Waals surface area contributed by atoms with Gasteiger partial charge in [0.15, 0.2) is 0 Å². The summed E-state index contributed by atoms with van der Waals surface area (Å²) >= 11 is 1.38. The molecule has 138 valence electrons. The number of halogens is 1. The van der Waals surface area contributed by atoms with E-state index in [4.69, 9.17) is 11.5 Å². The zero-order valence-electron chi connectivity index (χ0n) is 14.6. The van der Waals surface area contributed by atoms with Crippen LogP contribution in [-0.2, 0) is 0 Å². The van der Waals surface area contributed by atoms with Crippen molar-refractivity contribution in [1.82, 2.24) is 19.9 Å². The molecule has 2 aromatic heterocycles. The Balaban J connectivity index is 1.70. The number of hydrogen-bond donors (Lipinski definition) is 2. The highest BCUT2D eigenvalue weighted by Crippen LogP contribution is 2.37. The maximum atomic E-state index is 15.0. The average molecular weight is 390 g/mol. The topological polar surface area (TPSA) is 104 Å². The van der Waals surface area contributed by atoms with Crippen LogP contribution >= 0.6 is 11.8 Å². The fourth-order valence-electron chi connectivity index (χ4n) is 2.68. The molecule has 0 unspecified atom stereocenters. The number of hydrogen-bond acceptors (Lipinski definition) is 7. The minimum absolute atomic E-state index is 0.316. The Morgan fingerprint density at radius 2 is 1.68 bits per heavy atom. The minimum atomic E-state index is -0.358. The molecule has 0 atom stereocenters. The molecule has 0 aliphatic heterocycles. The fraction of sp³-hybridized carbons (Fsp3) is 0. The molecular weight excluding hydrogens is 375 g/mol. The first-order chi connectivity index (χ1) is 13.6. The molecule has 0 aliphatic carbocycles. The van der Waals surface area contributed by atoms with Crippen molar-refractivity contribution in [3.8, 4) is 22.4 Å². The van der Waals surface area contributed by atoms with Gasteiger partial charge in [-0.2, -0.15) is 0 Å². The Morgan fingerprint density at radius 1 is 0.821 bits per heavy atom. The van der Waals surface area contributed by atoms with Crippen molar-refractivity contribution in [2.45, 2.75) is 9.92 Å². The van der Waals surface area contributed by atoms with Crippen molar-refractivity contribution in [1.29, 1.82) is 0 Å². The van der Waals surface area contributed by atoms with Crippen LogP contribution in [0.3, 0.4) is 0 Å². The van der Waals surface area contributed by atoms with Crippen LogP contribution in [-0.4, -0.2) is 19.9 Å². The molecule has 4 N–H and O–H groups in total. The second-order valence-corrected chi connectivity index (χ2v) is 6.96. The molecule has 28 heavy (non-hydrogen) atoms. The van der Waals surface area contributed by atoms with Gasteiger partial charge in [-0.3, -0.25) is 9.97 Å². The molecule has 8 heteroatoms. The van der Waals surface area contributed by atoms with E-state index in [0.29, 0.717) is 33.5 Å².